The van der Waals surface area contributed by atoms with Crippen LogP contribution in [0.1, 0.15) is 29.6 Å². The van der Waals surface area contributed by atoms with Crippen molar-refractivity contribution in [2.45, 2.75) is 25.3 Å². The molecule has 0 bridgehead atoms. The average molecular weight is 319 g/mol. The van der Waals surface area contributed by atoms with Crippen LogP contribution in [0.25, 0.3) is 0 Å². The molecule has 0 saturated carbocycles. The second-order valence-corrected chi connectivity index (χ2v) is 6.05. The van der Waals surface area contributed by atoms with Crippen molar-refractivity contribution in [2.24, 2.45) is 0 Å². The van der Waals surface area contributed by atoms with Crippen LogP contribution in [0.2, 0.25) is 0 Å². The summed E-state index contributed by atoms with van der Waals surface area (Å²) in [6.45, 7) is 1.62. The Balaban J connectivity index is 1.88. The fourth-order valence-corrected chi connectivity index (χ4v) is 3.19. The molecule has 2 aliphatic rings. The number of hydrogen-bond acceptors (Lipinski definition) is 5. The van der Waals surface area contributed by atoms with E-state index in [2.05, 4.69) is 11.9 Å². The molecule has 3 rings (SSSR count). The molecule has 1 fully saturated rings. The molecule has 1 aromatic carbocycles. The van der Waals surface area contributed by atoms with Gasteiger partial charge in [0.1, 0.15) is 5.75 Å². The number of likely N-dealkylation sites (N-methyl/N-ethyl adjacent to an activating group) is 1. The molecule has 23 heavy (non-hydrogen) atoms. The first-order valence-electron chi connectivity index (χ1n) is 7.82. The quantitative estimate of drug-likeness (QED) is 0.642. The lowest BCUT2D eigenvalue weighted by atomic mass is 10.0. The van der Waals surface area contributed by atoms with Crippen LogP contribution in [0, 0.1) is 0 Å². The van der Waals surface area contributed by atoms with E-state index in [-0.39, 0.29) is 18.1 Å². The maximum absolute atomic E-state index is 12.3. The second kappa shape index (κ2) is 6.55. The van der Waals surface area contributed by atoms with Crippen LogP contribution in [-0.2, 0) is 4.79 Å². The van der Waals surface area contributed by atoms with Gasteiger partial charge in [0.15, 0.2) is 6.61 Å². The Hall–Kier alpha value is -2.12. The maximum Gasteiger partial charge on any atom is 0.274 e. The number of carbonyl (C=O) groups is 2. The topological polar surface area (TPSA) is 82.1 Å². The SMILES string of the molecule is CN1CCCCC1CN1C(=O)COc2ccc(C(=O)NO)cc21. The zero-order valence-electron chi connectivity index (χ0n) is 13.1. The zero-order valence-corrected chi connectivity index (χ0v) is 13.1. The minimum absolute atomic E-state index is 0.00891. The molecule has 0 aromatic heterocycles. The number of amides is 2. The number of likely N-dealkylation sites (tertiary alicyclic amines) is 1. The first-order chi connectivity index (χ1) is 11.1. The van der Waals surface area contributed by atoms with Gasteiger partial charge in [-0.1, -0.05) is 6.42 Å². The van der Waals surface area contributed by atoms with E-state index >= 15 is 0 Å². The standard InChI is InChI=1S/C16H21N3O4/c1-18-7-3-2-4-12(18)9-19-13-8-11(16(21)17-22)5-6-14(13)23-10-15(19)20/h5-6,8,12,22H,2-4,7,9-10H2,1H3,(H,17,21). The van der Waals surface area contributed by atoms with Gasteiger partial charge in [-0.3, -0.25) is 14.8 Å². The zero-order chi connectivity index (χ0) is 16.4. The van der Waals surface area contributed by atoms with E-state index in [0.29, 0.717) is 24.0 Å². The molecule has 1 atom stereocenters. The van der Waals surface area contributed by atoms with E-state index in [1.54, 1.807) is 28.6 Å². The van der Waals surface area contributed by atoms with E-state index in [1.165, 1.54) is 6.42 Å². The molecular weight excluding hydrogens is 298 g/mol. The van der Waals surface area contributed by atoms with Gasteiger partial charge in [-0.15, -0.1) is 0 Å². The fraction of sp³-hybridized carbons (Fsp3) is 0.500. The Labute approximate surface area is 134 Å². The van der Waals surface area contributed by atoms with Gasteiger partial charge < -0.3 is 14.5 Å². The summed E-state index contributed by atoms with van der Waals surface area (Å²) in [5.41, 5.74) is 2.48. The molecule has 7 nitrogen and oxygen atoms in total. The number of ether oxygens (including phenoxy) is 1. The monoisotopic (exact) mass is 319 g/mol. The Morgan fingerprint density at radius 1 is 1.43 bits per heavy atom. The molecule has 0 spiro atoms. The van der Waals surface area contributed by atoms with Crippen molar-refractivity contribution in [1.82, 2.24) is 10.4 Å². The van der Waals surface area contributed by atoms with E-state index < -0.39 is 5.91 Å². The number of piperidine rings is 1. The molecule has 2 amide bonds. The number of benzene rings is 1. The number of rotatable bonds is 3. The summed E-state index contributed by atoms with van der Waals surface area (Å²) in [6, 6.07) is 5.10. The summed E-state index contributed by atoms with van der Waals surface area (Å²) in [4.78, 5) is 27.9. The van der Waals surface area contributed by atoms with Crippen molar-refractivity contribution in [1.29, 1.82) is 0 Å². The smallest absolute Gasteiger partial charge is 0.274 e. The van der Waals surface area contributed by atoms with E-state index in [4.69, 9.17) is 9.94 Å². The highest BCUT2D eigenvalue weighted by Crippen LogP contribution is 2.34. The van der Waals surface area contributed by atoms with Crippen molar-refractivity contribution < 1.29 is 19.5 Å². The van der Waals surface area contributed by atoms with Gasteiger partial charge in [0.2, 0.25) is 0 Å². The Morgan fingerprint density at radius 2 is 2.26 bits per heavy atom. The van der Waals surface area contributed by atoms with Crippen molar-refractivity contribution in [2.75, 3.05) is 31.6 Å². The molecule has 2 aliphatic heterocycles. The highest BCUT2D eigenvalue weighted by Gasteiger charge is 2.30. The number of anilines is 1. The summed E-state index contributed by atoms with van der Waals surface area (Å²) in [6.07, 6.45) is 3.39. The summed E-state index contributed by atoms with van der Waals surface area (Å²) in [5, 5.41) is 8.79. The molecule has 1 saturated heterocycles. The number of hydroxylamine groups is 1. The van der Waals surface area contributed by atoms with Crippen molar-refractivity contribution in [3.63, 3.8) is 0 Å². The number of carbonyl (C=O) groups excluding carboxylic acids is 2. The van der Waals surface area contributed by atoms with Gasteiger partial charge in [0, 0.05) is 18.2 Å². The lowest BCUT2D eigenvalue weighted by molar-refractivity contribution is -0.121. The predicted molar refractivity (Wildman–Crippen MR) is 83.8 cm³/mol. The Morgan fingerprint density at radius 3 is 3.00 bits per heavy atom. The van der Waals surface area contributed by atoms with Gasteiger partial charge in [-0.25, -0.2) is 5.48 Å². The summed E-state index contributed by atoms with van der Waals surface area (Å²) >= 11 is 0. The highest BCUT2D eigenvalue weighted by molar-refractivity contribution is 6.01. The number of fused-ring (bicyclic) bond motifs is 1. The van der Waals surface area contributed by atoms with Crippen LogP contribution in [0.15, 0.2) is 18.2 Å². The van der Waals surface area contributed by atoms with E-state index in [0.717, 1.165) is 19.4 Å². The molecule has 1 aromatic rings. The summed E-state index contributed by atoms with van der Waals surface area (Å²) in [7, 11) is 2.07. The van der Waals surface area contributed by atoms with Gasteiger partial charge in [0.05, 0.1) is 5.69 Å². The van der Waals surface area contributed by atoms with E-state index in [9.17, 15) is 9.59 Å². The largest absolute Gasteiger partial charge is 0.482 e. The summed E-state index contributed by atoms with van der Waals surface area (Å²) in [5.74, 6) is -0.142. The third kappa shape index (κ3) is 3.16. The molecule has 0 radical (unpaired) electrons. The normalized spacial score (nSPS) is 21.6. The Bertz CT molecular complexity index is 619. The van der Waals surface area contributed by atoms with Crippen LogP contribution in [0.5, 0.6) is 5.75 Å². The third-order valence-electron chi connectivity index (χ3n) is 4.58. The van der Waals surface area contributed by atoms with Crippen LogP contribution in [0.4, 0.5) is 5.69 Å². The van der Waals surface area contributed by atoms with Gasteiger partial charge >= 0.3 is 0 Å². The second-order valence-electron chi connectivity index (χ2n) is 6.05. The van der Waals surface area contributed by atoms with Gasteiger partial charge in [-0.05, 0) is 44.6 Å². The average Bonchev–Trinajstić information content (AvgIpc) is 2.58. The van der Waals surface area contributed by atoms with Crippen molar-refractivity contribution in [3.05, 3.63) is 23.8 Å². The number of nitrogens with zero attached hydrogens (tertiary/aromatic N) is 2. The first kappa shape index (κ1) is 15.8. The molecule has 2 heterocycles. The molecule has 7 heteroatoms. The minimum Gasteiger partial charge on any atom is -0.482 e. The first-order valence-corrected chi connectivity index (χ1v) is 7.82. The Kier molecular flexibility index (Phi) is 4.49. The van der Waals surface area contributed by atoms with Crippen LogP contribution >= 0.6 is 0 Å². The highest BCUT2D eigenvalue weighted by atomic mass is 16.5. The predicted octanol–water partition coefficient (Wildman–Crippen LogP) is 1.02. The van der Waals surface area contributed by atoms with Crippen LogP contribution in [0.3, 0.4) is 0 Å². The van der Waals surface area contributed by atoms with Gasteiger partial charge in [-0.2, -0.15) is 0 Å². The lowest BCUT2D eigenvalue weighted by Crippen LogP contribution is -2.49. The third-order valence-corrected chi connectivity index (χ3v) is 4.58. The van der Waals surface area contributed by atoms with Crippen molar-refractivity contribution >= 4 is 17.5 Å². The van der Waals surface area contributed by atoms with Crippen LogP contribution in [-0.4, -0.2) is 54.7 Å². The van der Waals surface area contributed by atoms with Crippen LogP contribution < -0.4 is 15.1 Å². The maximum atomic E-state index is 12.3. The van der Waals surface area contributed by atoms with E-state index in [1.807, 2.05) is 0 Å². The molecule has 1 unspecified atom stereocenters. The molecule has 2 N–H and O–H groups in total. The molecule has 124 valence electrons. The van der Waals surface area contributed by atoms with Gasteiger partial charge in [0.25, 0.3) is 11.8 Å². The fourth-order valence-electron chi connectivity index (χ4n) is 3.19. The minimum atomic E-state index is -0.611. The number of hydrogen-bond donors (Lipinski definition) is 2. The summed E-state index contributed by atoms with van der Waals surface area (Å²) < 4.78 is 5.45. The lowest BCUT2D eigenvalue weighted by Gasteiger charge is -2.38. The molecule has 0 aliphatic carbocycles. The number of nitrogens with one attached hydrogen (secondary N) is 1. The van der Waals surface area contributed by atoms with Crippen molar-refractivity contribution in [3.8, 4) is 5.75 Å². The molecular formula is C16H21N3O4.